The monoisotopic (exact) mass is 336 g/mol. The molecule has 1 aromatic heterocycles. The summed E-state index contributed by atoms with van der Waals surface area (Å²) >= 11 is 0. The molecule has 0 saturated heterocycles. The number of methoxy groups -OCH3 is 1. The Morgan fingerprint density at radius 1 is 1.08 bits per heavy atom. The fourth-order valence-corrected chi connectivity index (χ4v) is 3.04. The number of pyridine rings is 1. The largest absolute Gasteiger partial charge is 0.497 e. The Hall–Kier alpha value is -2.75. The highest BCUT2D eigenvalue weighted by molar-refractivity contribution is 5.95. The third-order valence-electron chi connectivity index (χ3n) is 4.78. The number of nitrogens with one attached hydrogen (secondary N) is 1. The van der Waals surface area contributed by atoms with Crippen LogP contribution in [0.2, 0.25) is 0 Å². The van der Waals surface area contributed by atoms with E-state index in [1.165, 1.54) is 0 Å². The molecule has 0 unspecified atom stereocenters. The highest BCUT2D eigenvalue weighted by Gasteiger charge is 2.15. The number of rotatable bonds is 4. The van der Waals surface area contributed by atoms with Crippen molar-refractivity contribution in [1.82, 2.24) is 4.98 Å². The lowest BCUT2D eigenvalue weighted by Gasteiger charge is -2.25. The molecule has 0 amide bonds. The van der Waals surface area contributed by atoms with Gasteiger partial charge >= 0.3 is 0 Å². The number of aryl methyl sites for hydroxylation is 1. The highest BCUT2D eigenvalue weighted by atomic mass is 16.5. The Kier molecular flexibility index (Phi) is 4.53. The lowest BCUT2D eigenvalue weighted by atomic mass is 10.0. The summed E-state index contributed by atoms with van der Waals surface area (Å²) in [6.07, 6.45) is 1.81. The number of aromatic amines is 1. The van der Waals surface area contributed by atoms with Crippen molar-refractivity contribution in [2.45, 2.75) is 26.8 Å². The first-order valence-electron chi connectivity index (χ1n) is 8.46. The third kappa shape index (κ3) is 3.00. The van der Waals surface area contributed by atoms with Gasteiger partial charge in [-0.2, -0.15) is 0 Å². The number of fused-ring (bicyclic) bond motifs is 1. The van der Waals surface area contributed by atoms with Crippen LogP contribution in [-0.2, 0) is 0 Å². The lowest BCUT2D eigenvalue weighted by Crippen LogP contribution is -2.26. The number of anilines is 1. The van der Waals surface area contributed by atoms with Crippen molar-refractivity contribution in [3.8, 4) is 16.9 Å². The summed E-state index contributed by atoms with van der Waals surface area (Å²) in [5.74, 6) is 0.776. The third-order valence-corrected chi connectivity index (χ3v) is 4.78. The topological polar surface area (TPSA) is 45.3 Å². The average molecular weight is 336 g/mol. The summed E-state index contributed by atoms with van der Waals surface area (Å²) in [6, 6.07) is 12.0. The van der Waals surface area contributed by atoms with Gasteiger partial charge < -0.3 is 14.6 Å². The van der Waals surface area contributed by atoms with Gasteiger partial charge in [-0.05, 0) is 50.1 Å². The molecule has 0 aliphatic heterocycles. The number of aromatic nitrogens is 1. The van der Waals surface area contributed by atoms with Crippen LogP contribution in [0.5, 0.6) is 5.75 Å². The second-order valence-corrected chi connectivity index (χ2v) is 6.62. The SMILES string of the molecule is COc1ccc(-c2c[nH]c3c(N(C)C(C)C)ccc(C)c3c2=O)cc1. The number of ether oxygens (including phenoxy) is 1. The molecule has 0 fully saturated rings. The molecule has 4 heteroatoms. The summed E-state index contributed by atoms with van der Waals surface area (Å²) in [7, 11) is 3.68. The molecule has 25 heavy (non-hydrogen) atoms. The molecular weight excluding hydrogens is 312 g/mol. The fraction of sp³-hybridized carbons (Fsp3) is 0.286. The minimum Gasteiger partial charge on any atom is -0.497 e. The van der Waals surface area contributed by atoms with Crippen molar-refractivity contribution in [3.05, 3.63) is 58.4 Å². The van der Waals surface area contributed by atoms with Gasteiger partial charge in [-0.1, -0.05) is 18.2 Å². The van der Waals surface area contributed by atoms with Crippen LogP contribution < -0.4 is 15.1 Å². The molecule has 0 aliphatic carbocycles. The summed E-state index contributed by atoms with van der Waals surface area (Å²) in [4.78, 5) is 18.7. The van der Waals surface area contributed by atoms with Crippen LogP contribution in [0.1, 0.15) is 19.4 Å². The Bertz CT molecular complexity index is 956. The molecule has 3 rings (SSSR count). The minimum absolute atomic E-state index is 0.0513. The molecular formula is C21H24N2O2. The number of H-pyrrole nitrogens is 1. The first-order valence-corrected chi connectivity index (χ1v) is 8.46. The van der Waals surface area contributed by atoms with Crippen molar-refractivity contribution in [2.24, 2.45) is 0 Å². The van der Waals surface area contributed by atoms with Crippen molar-refractivity contribution >= 4 is 16.6 Å². The van der Waals surface area contributed by atoms with E-state index in [1.807, 2.05) is 50.5 Å². The summed E-state index contributed by atoms with van der Waals surface area (Å²) < 4.78 is 5.20. The van der Waals surface area contributed by atoms with Gasteiger partial charge in [-0.3, -0.25) is 4.79 Å². The van der Waals surface area contributed by atoms with Crippen molar-refractivity contribution < 1.29 is 4.74 Å². The van der Waals surface area contributed by atoms with Gasteiger partial charge in [-0.15, -0.1) is 0 Å². The molecule has 3 aromatic rings. The highest BCUT2D eigenvalue weighted by Crippen LogP contribution is 2.28. The normalized spacial score (nSPS) is 11.1. The van der Waals surface area contributed by atoms with E-state index < -0.39 is 0 Å². The van der Waals surface area contributed by atoms with Crippen LogP contribution in [0.3, 0.4) is 0 Å². The molecule has 0 atom stereocenters. The summed E-state index contributed by atoms with van der Waals surface area (Å²) in [5, 5.41) is 0.748. The first kappa shape index (κ1) is 17.1. The van der Waals surface area contributed by atoms with Crippen LogP contribution in [0.4, 0.5) is 5.69 Å². The molecule has 0 bridgehead atoms. The van der Waals surface area contributed by atoms with Gasteiger partial charge in [0.2, 0.25) is 0 Å². The molecule has 1 N–H and O–H groups in total. The summed E-state index contributed by atoms with van der Waals surface area (Å²) in [5.41, 5.74) is 4.50. The van der Waals surface area contributed by atoms with Crippen molar-refractivity contribution in [1.29, 1.82) is 0 Å². The minimum atomic E-state index is 0.0513. The second-order valence-electron chi connectivity index (χ2n) is 6.62. The fourth-order valence-electron chi connectivity index (χ4n) is 3.04. The van der Waals surface area contributed by atoms with Crippen LogP contribution in [0.25, 0.3) is 22.0 Å². The lowest BCUT2D eigenvalue weighted by molar-refractivity contribution is 0.415. The van der Waals surface area contributed by atoms with Crippen molar-refractivity contribution in [2.75, 3.05) is 19.1 Å². The maximum Gasteiger partial charge on any atom is 0.197 e. The maximum absolute atomic E-state index is 13.2. The van der Waals surface area contributed by atoms with Crippen molar-refractivity contribution in [3.63, 3.8) is 0 Å². The van der Waals surface area contributed by atoms with E-state index in [0.717, 1.165) is 33.5 Å². The Labute approximate surface area is 148 Å². The van der Waals surface area contributed by atoms with Gasteiger partial charge in [-0.25, -0.2) is 0 Å². The molecule has 2 aromatic carbocycles. The molecule has 4 nitrogen and oxygen atoms in total. The number of benzene rings is 2. The predicted octanol–water partition coefficient (Wildman–Crippen LogP) is 4.36. The van der Waals surface area contributed by atoms with E-state index in [0.29, 0.717) is 11.6 Å². The maximum atomic E-state index is 13.2. The number of nitrogens with zero attached hydrogens (tertiary/aromatic N) is 1. The van der Waals surface area contributed by atoms with Gasteiger partial charge in [0.05, 0.1) is 23.7 Å². The van der Waals surface area contributed by atoms with E-state index in [1.54, 1.807) is 7.11 Å². The van der Waals surface area contributed by atoms with Gasteiger partial charge in [0.25, 0.3) is 0 Å². The van der Waals surface area contributed by atoms with E-state index >= 15 is 0 Å². The molecule has 130 valence electrons. The van der Waals surface area contributed by atoms with E-state index in [2.05, 4.69) is 29.8 Å². The van der Waals surface area contributed by atoms with E-state index in [9.17, 15) is 4.79 Å². The molecule has 0 radical (unpaired) electrons. The average Bonchev–Trinajstić information content (AvgIpc) is 2.61. The Balaban J connectivity index is 2.23. The quantitative estimate of drug-likeness (QED) is 0.770. The van der Waals surface area contributed by atoms with Crippen LogP contribution in [0.15, 0.2) is 47.4 Å². The smallest absolute Gasteiger partial charge is 0.197 e. The molecule has 1 heterocycles. The van der Waals surface area contributed by atoms with Gasteiger partial charge in [0, 0.05) is 24.8 Å². The van der Waals surface area contributed by atoms with Crippen LogP contribution in [0, 0.1) is 6.92 Å². The first-order chi connectivity index (χ1) is 11.9. The Morgan fingerprint density at radius 2 is 1.76 bits per heavy atom. The zero-order chi connectivity index (χ0) is 18.1. The van der Waals surface area contributed by atoms with E-state index in [4.69, 9.17) is 4.74 Å². The summed E-state index contributed by atoms with van der Waals surface area (Å²) in [6.45, 7) is 6.25. The van der Waals surface area contributed by atoms with Crippen LogP contribution >= 0.6 is 0 Å². The van der Waals surface area contributed by atoms with Gasteiger partial charge in [0.1, 0.15) is 5.75 Å². The number of hydrogen-bond acceptors (Lipinski definition) is 3. The number of hydrogen-bond donors (Lipinski definition) is 1. The Morgan fingerprint density at radius 3 is 2.36 bits per heavy atom. The second kappa shape index (κ2) is 6.63. The predicted molar refractivity (Wildman–Crippen MR) is 105 cm³/mol. The standard InChI is InChI=1S/C21H24N2O2/c1-13(2)23(4)18-11-6-14(3)19-20(18)22-12-17(21(19)24)15-7-9-16(25-5)10-8-15/h6-13H,1-5H3,(H,22,24). The van der Waals surface area contributed by atoms with Crippen LogP contribution in [-0.4, -0.2) is 25.2 Å². The zero-order valence-corrected chi connectivity index (χ0v) is 15.4. The van der Waals surface area contributed by atoms with E-state index in [-0.39, 0.29) is 5.43 Å². The zero-order valence-electron chi connectivity index (χ0n) is 15.4. The van der Waals surface area contributed by atoms with Gasteiger partial charge in [0.15, 0.2) is 5.43 Å². The molecule has 0 saturated carbocycles. The molecule has 0 spiro atoms. The molecule has 0 aliphatic rings.